The fourth-order valence-corrected chi connectivity index (χ4v) is 5.93. The summed E-state index contributed by atoms with van der Waals surface area (Å²) in [7, 11) is 2.81. The zero-order valence-electron chi connectivity index (χ0n) is 21.9. The molecule has 14 heteroatoms. The van der Waals surface area contributed by atoms with Gasteiger partial charge < -0.3 is 19.9 Å². The average molecular weight is 578 g/mol. The van der Waals surface area contributed by atoms with E-state index in [2.05, 4.69) is 30.1 Å². The molecule has 0 aliphatic carbocycles. The molecule has 6 rings (SSSR count). The first-order valence-corrected chi connectivity index (χ1v) is 13.5. The molecular formula is C26H23N7O5S2. The molecule has 0 spiro atoms. The molecule has 0 bridgehead atoms. The summed E-state index contributed by atoms with van der Waals surface area (Å²) in [6, 6.07) is 7.75. The average Bonchev–Trinajstić information content (AvgIpc) is 3.53. The summed E-state index contributed by atoms with van der Waals surface area (Å²) in [6.07, 6.45) is 4.56. The smallest absolute Gasteiger partial charge is 0.350 e. The lowest BCUT2D eigenvalue weighted by Gasteiger charge is -2.06. The lowest BCUT2D eigenvalue weighted by atomic mass is 10.2. The number of rotatable bonds is 5. The second-order valence-corrected chi connectivity index (χ2v) is 10.3. The van der Waals surface area contributed by atoms with Crippen LogP contribution in [0.5, 0.6) is 11.5 Å². The normalized spacial score (nSPS) is 10.9. The Bertz CT molecular complexity index is 1920. The molecular weight excluding hydrogens is 554 g/mol. The molecule has 0 radical (unpaired) electrons. The Morgan fingerprint density at radius 2 is 1.68 bits per heavy atom. The Hall–Kier alpha value is -4.69. The number of anilines is 1. The fraction of sp³-hybridized carbons (Fsp3) is 0.192. The van der Waals surface area contributed by atoms with Gasteiger partial charge in [-0.1, -0.05) is 17.7 Å². The minimum Gasteiger partial charge on any atom is -0.494 e. The molecule has 0 amide bonds. The van der Waals surface area contributed by atoms with Crippen LogP contribution in [-0.4, -0.2) is 56.7 Å². The van der Waals surface area contributed by atoms with Crippen molar-refractivity contribution in [1.82, 2.24) is 29.9 Å². The highest BCUT2D eigenvalue weighted by molar-refractivity contribution is 7.25. The van der Waals surface area contributed by atoms with E-state index in [0.29, 0.717) is 53.9 Å². The number of thiophene rings is 2. The predicted octanol–water partition coefficient (Wildman–Crippen LogP) is 4.17. The largest absolute Gasteiger partial charge is 0.494 e. The van der Waals surface area contributed by atoms with E-state index in [4.69, 9.17) is 15.2 Å². The summed E-state index contributed by atoms with van der Waals surface area (Å²) >= 11 is 2.42. The van der Waals surface area contributed by atoms with Gasteiger partial charge in [0, 0.05) is 0 Å². The molecule has 1 aromatic carbocycles. The topological polar surface area (TPSA) is 157 Å². The number of nitrogens with two attached hydrogens (primary N) is 1. The van der Waals surface area contributed by atoms with Crippen molar-refractivity contribution in [1.29, 1.82) is 0 Å². The number of hydrogen-bond donors (Lipinski definition) is 1. The quantitative estimate of drug-likeness (QED) is 0.293. The van der Waals surface area contributed by atoms with Gasteiger partial charge in [-0.2, -0.15) is 10.2 Å². The van der Waals surface area contributed by atoms with Crippen LogP contribution in [0.15, 0.2) is 47.8 Å². The van der Waals surface area contributed by atoms with E-state index in [-0.39, 0.29) is 5.56 Å². The number of esters is 1. The fourth-order valence-electron chi connectivity index (χ4n) is 3.94. The maximum absolute atomic E-state index is 12.9. The van der Waals surface area contributed by atoms with Crippen molar-refractivity contribution < 1.29 is 19.0 Å². The Kier molecular flexibility index (Phi) is 7.53. The van der Waals surface area contributed by atoms with Crippen molar-refractivity contribution in [3.05, 3.63) is 63.8 Å². The molecule has 0 saturated heterocycles. The molecule has 5 heterocycles. The lowest BCUT2D eigenvalue weighted by molar-refractivity contribution is 0.0607. The lowest BCUT2D eigenvalue weighted by Crippen LogP contribution is -2.17. The van der Waals surface area contributed by atoms with Crippen molar-refractivity contribution in [2.75, 3.05) is 26.6 Å². The third kappa shape index (κ3) is 4.78. The first kappa shape index (κ1) is 26.9. The van der Waals surface area contributed by atoms with E-state index in [1.807, 2.05) is 38.1 Å². The second-order valence-electron chi connectivity index (χ2n) is 8.29. The first-order chi connectivity index (χ1) is 19.4. The van der Waals surface area contributed by atoms with Crippen molar-refractivity contribution in [3.63, 3.8) is 0 Å². The van der Waals surface area contributed by atoms with Crippen LogP contribution in [0, 0.1) is 6.92 Å². The molecule has 0 saturated carbocycles. The molecule has 204 valence electrons. The second kappa shape index (κ2) is 11.2. The van der Waals surface area contributed by atoms with E-state index in [1.165, 1.54) is 31.8 Å². The number of methoxy groups -OCH3 is 2. The van der Waals surface area contributed by atoms with Crippen LogP contribution >= 0.6 is 22.7 Å². The Morgan fingerprint density at radius 1 is 1.00 bits per heavy atom. The van der Waals surface area contributed by atoms with Gasteiger partial charge in [0.2, 0.25) is 0 Å². The number of nitrogen functional groups attached to an aromatic ring is 1. The van der Waals surface area contributed by atoms with Gasteiger partial charge in [-0.25, -0.2) is 9.78 Å². The molecule has 0 aliphatic heterocycles. The number of fused-ring (bicyclic) bond motifs is 4. The molecule has 0 aliphatic rings. The summed E-state index contributed by atoms with van der Waals surface area (Å²) in [5.41, 5.74) is 8.59. The molecule has 2 N–H and O–H groups in total. The number of ether oxygens (including phenoxy) is 3. The van der Waals surface area contributed by atoms with Gasteiger partial charge in [0.05, 0.1) is 55.4 Å². The Labute approximate surface area is 235 Å². The number of hydrogen-bond acceptors (Lipinski definition) is 13. The van der Waals surface area contributed by atoms with Crippen molar-refractivity contribution in [3.8, 4) is 17.2 Å². The number of aryl methyl sites for hydroxylation is 1. The molecule has 0 unspecified atom stereocenters. The number of carbonyl (C=O) groups excluding carboxylic acids is 1. The van der Waals surface area contributed by atoms with Crippen molar-refractivity contribution in [2.24, 2.45) is 0 Å². The maximum Gasteiger partial charge on any atom is 0.350 e. The van der Waals surface area contributed by atoms with E-state index in [0.717, 1.165) is 28.0 Å². The van der Waals surface area contributed by atoms with Crippen LogP contribution in [0.25, 0.3) is 36.3 Å². The third-order valence-electron chi connectivity index (χ3n) is 5.85. The van der Waals surface area contributed by atoms with E-state index >= 15 is 0 Å². The van der Waals surface area contributed by atoms with Gasteiger partial charge >= 0.3 is 5.97 Å². The zero-order chi connectivity index (χ0) is 28.4. The van der Waals surface area contributed by atoms with E-state index < -0.39 is 5.97 Å². The van der Waals surface area contributed by atoms with Gasteiger partial charge in [-0.3, -0.25) is 9.36 Å². The highest BCUT2D eigenvalue weighted by Crippen LogP contribution is 2.38. The Balaban J connectivity index is 0.000000176. The summed E-state index contributed by atoms with van der Waals surface area (Å²) in [6.45, 7) is 4.42. The Morgan fingerprint density at radius 3 is 2.33 bits per heavy atom. The molecule has 0 fully saturated rings. The summed E-state index contributed by atoms with van der Waals surface area (Å²) in [5.74, 6) is 0.616. The molecule has 40 heavy (non-hydrogen) atoms. The number of aromatic nitrogens is 6. The van der Waals surface area contributed by atoms with Crippen LogP contribution in [0.2, 0.25) is 0 Å². The standard InChI is InChI=1S/C17H14N4O2S.C9H9N3O3S/c1-3-23-12-8-19-20-16-13(12)14-15(24-16)17(22)21(9-18-14)11-6-4-10(2)5-7-11;1-14-4-3-11-12-8-5(4)6(10)7(16-8)9(13)15-2/h4-9H,3H2,1-2H3;3H,10H2,1-2H3. The number of nitrogens with zero attached hydrogens (tertiary/aromatic N) is 6. The van der Waals surface area contributed by atoms with Crippen LogP contribution in [0.4, 0.5) is 5.69 Å². The third-order valence-corrected chi connectivity index (χ3v) is 7.97. The van der Waals surface area contributed by atoms with Crippen LogP contribution < -0.4 is 20.8 Å². The summed E-state index contributed by atoms with van der Waals surface area (Å²) in [4.78, 5) is 30.3. The number of carbonyl (C=O) groups is 1. The van der Waals surface area contributed by atoms with Crippen LogP contribution in [-0.2, 0) is 4.74 Å². The zero-order valence-corrected chi connectivity index (χ0v) is 23.5. The van der Waals surface area contributed by atoms with Crippen LogP contribution in [0.3, 0.4) is 0 Å². The highest BCUT2D eigenvalue weighted by atomic mass is 32.1. The van der Waals surface area contributed by atoms with Gasteiger partial charge in [0.25, 0.3) is 5.56 Å². The summed E-state index contributed by atoms with van der Waals surface area (Å²) < 4.78 is 17.4. The monoisotopic (exact) mass is 577 g/mol. The minimum absolute atomic E-state index is 0.116. The van der Waals surface area contributed by atoms with E-state index in [1.54, 1.807) is 17.1 Å². The molecule has 12 nitrogen and oxygen atoms in total. The SMILES string of the molecule is CCOc1cnnc2sc3c(=O)n(-c4ccc(C)cc4)cnc3c12.COC(=O)c1sc2nncc(OC)c2c1N. The summed E-state index contributed by atoms with van der Waals surface area (Å²) in [5, 5.41) is 17.1. The van der Waals surface area contributed by atoms with Gasteiger partial charge in [0.15, 0.2) is 21.2 Å². The molecule has 6 aromatic rings. The molecule has 5 aromatic heterocycles. The molecule has 0 atom stereocenters. The first-order valence-electron chi connectivity index (χ1n) is 11.9. The van der Waals surface area contributed by atoms with Gasteiger partial charge in [-0.15, -0.1) is 32.9 Å². The van der Waals surface area contributed by atoms with Gasteiger partial charge in [0.1, 0.15) is 21.4 Å². The van der Waals surface area contributed by atoms with Crippen molar-refractivity contribution in [2.45, 2.75) is 13.8 Å². The van der Waals surface area contributed by atoms with Gasteiger partial charge in [-0.05, 0) is 26.0 Å². The highest BCUT2D eigenvalue weighted by Gasteiger charge is 2.21. The predicted molar refractivity (Wildman–Crippen MR) is 154 cm³/mol. The minimum atomic E-state index is -0.484. The van der Waals surface area contributed by atoms with E-state index in [9.17, 15) is 9.59 Å². The number of benzene rings is 1. The maximum atomic E-state index is 12.9. The van der Waals surface area contributed by atoms with Crippen LogP contribution in [0.1, 0.15) is 22.2 Å². The van der Waals surface area contributed by atoms with Crippen molar-refractivity contribution >= 4 is 65.0 Å².